The molecule has 1 heterocycles. The summed E-state index contributed by atoms with van der Waals surface area (Å²) < 4.78 is 41.8. The maximum Gasteiger partial charge on any atom is 0.573 e. The summed E-state index contributed by atoms with van der Waals surface area (Å²) in [5, 5.41) is 17.2. The van der Waals surface area contributed by atoms with E-state index in [0.29, 0.717) is 17.1 Å². The molecular weight excluding hydrogens is 299 g/mol. The van der Waals surface area contributed by atoms with E-state index in [1.165, 1.54) is 28.9 Å². The molecule has 0 bridgehead atoms. The molecule has 0 aliphatic heterocycles. The van der Waals surface area contributed by atoms with E-state index in [4.69, 9.17) is 0 Å². The summed E-state index contributed by atoms with van der Waals surface area (Å²) in [6.07, 6.45) is -4.73. The average molecular weight is 315 g/mol. The highest BCUT2D eigenvalue weighted by atomic mass is 19.4. The van der Waals surface area contributed by atoms with Crippen LogP contribution in [0.2, 0.25) is 0 Å². The highest BCUT2D eigenvalue weighted by molar-refractivity contribution is 5.39. The number of aliphatic hydroxyl groups is 1. The molecule has 0 fully saturated rings. The van der Waals surface area contributed by atoms with Crippen LogP contribution in [0.1, 0.15) is 32.2 Å². The lowest BCUT2D eigenvalue weighted by Crippen LogP contribution is -2.20. The van der Waals surface area contributed by atoms with Gasteiger partial charge in [-0.25, -0.2) is 4.68 Å². The molecule has 120 valence electrons. The monoisotopic (exact) mass is 315 g/mol. The molecular formula is C14H16F3N3O2. The summed E-state index contributed by atoms with van der Waals surface area (Å²) in [5.41, 5.74) is 1.32. The van der Waals surface area contributed by atoms with Crippen molar-refractivity contribution in [2.45, 2.75) is 39.2 Å². The van der Waals surface area contributed by atoms with E-state index >= 15 is 0 Å². The third-order valence-electron chi connectivity index (χ3n) is 2.92. The molecule has 0 saturated carbocycles. The number of aliphatic hydroxyl groups excluding tert-OH is 1. The molecule has 0 radical (unpaired) electrons. The van der Waals surface area contributed by atoms with E-state index in [-0.39, 0.29) is 17.8 Å². The summed E-state index contributed by atoms with van der Waals surface area (Å²) in [5.74, 6) is -0.309. The Bertz CT molecular complexity index is 643. The van der Waals surface area contributed by atoms with Gasteiger partial charge in [-0.05, 0) is 24.3 Å². The van der Waals surface area contributed by atoms with E-state index in [1.807, 2.05) is 20.8 Å². The van der Waals surface area contributed by atoms with Gasteiger partial charge in [-0.15, -0.1) is 18.3 Å². The Kier molecular flexibility index (Phi) is 4.15. The van der Waals surface area contributed by atoms with Crippen molar-refractivity contribution in [3.63, 3.8) is 0 Å². The van der Waals surface area contributed by atoms with Crippen LogP contribution < -0.4 is 4.74 Å². The third-order valence-corrected chi connectivity index (χ3v) is 2.92. The molecule has 1 aromatic heterocycles. The van der Waals surface area contributed by atoms with Gasteiger partial charge >= 0.3 is 6.36 Å². The van der Waals surface area contributed by atoms with E-state index < -0.39 is 6.36 Å². The Hall–Kier alpha value is -2.09. The second kappa shape index (κ2) is 5.60. The summed E-state index contributed by atoms with van der Waals surface area (Å²) in [6, 6.07) is 5.31. The molecule has 8 heteroatoms. The Labute approximate surface area is 125 Å². The zero-order valence-corrected chi connectivity index (χ0v) is 12.3. The summed E-state index contributed by atoms with van der Waals surface area (Å²) in [7, 11) is 0. The van der Waals surface area contributed by atoms with Crippen LogP contribution in [0.25, 0.3) is 5.69 Å². The fourth-order valence-corrected chi connectivity index (χ4v) is 2.14. The second-order valence-corrected chi connectivity index (χ2v) is 5.75. The Morgan fingerprint density at radius 2 is 1.73 bits per heavy atom. The predicted molar refractivity (Wildman–Crippen MR) is 72.7 cm³/mol. The molecule has 22 heavy (non-hydrogen) atoms. The van der Waals surface area contributed by atoms with Crippen LogP contribution in [-0.2, 0) is 12.0 Å². The molecule has 0 aliphatic carbocycles. The van der Waals surface area contributed by atoms with Gasteiger partial charge < -0.3 is 9.84 Å². The first-order chi connectivity index (χ1) is 10.1. The number of benzene rings is 1. The number of halogens is 3. The standard InChI is InChI=1S/C14H16F3N3O2/c1-13(2,3)12-11(8-21)18-19-20(12)9-4-6-10(7-5-9)22-14(15,16)17/h4-7,21H,8H2,1-3H3. The second-order valence-electron chi connectivity index (χ2n) is 5.75. The Morgan fingerprint density at radius 3 is 2.18 bits per heavy atom. The van der Waals surface area contributed by atoms with Gasteiger partial charge in [0.1, 0.15) is 11.4 Å². The van der Waals surface area contributed by atoms with E-state index in [2.05, 4.69) is 15.0 Å². The topological polar surface area (TPSA) is 60.2 Å². The van der Waals surface area contributed by atoms with Crippen molar-refractivity contribution in [3.8, 4) is 11.4 Å². The van der Waals surface area contributed by atoms with Crippen molar-refractivity contribution >= 4 is 0 Å². The third kappa shape index (κ3) is 3.56. The van der Waals surface area contributed by atoms with Crippen molar-refractivity contribution < 1.29 is 23.0 Å². The maximum atomic E-state index is 12.2. The largest absolute Gasteiger partial charge is 0.573 e. The van der Waals surface area contributed by atoms with Gasteiger partial charge in [-0.1, -0.05) is 26.0 Å². The van der Waals surface area contributed by atoms with Crippen LogP contribution in [0.15, 0.2) is 24.3 Å². The number of aromatic nitrogens is 3. The lowest BCUT2D eigenvalue weighted by Gasteiger charge is -2.21. The first kappa shape index (κ1) is 16.3. The maximum absolute atomic E-state index is 12.2. The average Bonchev–Trinajstić information content (AvgIpc) is 2.81. The molecule has 0 amide bonds. The van der Waals surface area contributed by atoms with Crippen LogP contribution in [0.3, 0.4) is 0 Å². The molecule has 1 aromatic carbocycles. The summed E-state index contributed by atoms with van der Waals surface area (Å²) in [4.78, 5) is 0. The first-order valence-electron chi connectivity index (χ1n) is 6.54. The summed E-state index contributed by atoms with van der Waals surface area (Å²) in [6.45, 7) is 5.54. The molecule has 2 aromatic rings. The predicted octanol–water partition coefficient (Wildman–Crippen LogP) is 2.96. The zero-order valence-electron chi connectivity index (χ0n) is 12.3. The number of alkyl halides is 3. The minimum absolute atomic E-state index is 0.262. The van der Waals surface area contributed by atoms with Crippen molar-refractivity contribution in [1.82, 2.24) is 15.0 Å². The van der Waals surface area contributed by atoms with Gasteiger partial charge in [0, 0.05) is 5.41 Å². The van der Waals surface area contributed by atoms with Crippen molar-refractivity contribution in [1.29, 1.82) is 0 Å². The summed E-state index contributed by atoms with van der Waals surface area (Å²) >= 11 is 0. The lowest BCUT2D eigenvalue weighted by atomic mass is 9.90. The van der Waals surface area contributed by atoms with Crippen LogP contribution >= 0.6 is 0 Å². The van der Waals surface area contributed by atoms with Crippen LogP contribution in [0.5, 0.6) is 5.75 Å². The molecule has 1 N–H and O–H groups in total. The van der Waals surface area contributed by atoms with E-state index in [9.17, 15) is 18.3 Å². The van der Waals surface area contributed by atoms with Gasteiger partial charge in [-0.2, -0.15) is 0 Å². The number of nitrogens with zero attached hydrogens (tertiary/aromatic N) is 3. The lowest BCUT2D eigenvalue weighted by molar-refractivity contribution is -0.274. The normalized spacial score (nSPS) is 12.5. The van der Waals surface area contributed by atoms with Crippen molar-refractivity contribution in [3.05, 3.63) is 35.7 Å². The first-order valence-corrected chi connectivity index (χ1v) is 6.54. The van der Waals surface area contributed by atoms with Gasteiger partial charge in [0.2, 0.25) is 0 Å². The highest BCUT2D eigenvalue weighted by Gasteiger charge is 2.31. The van der Waals surface area contributed by atoms with Gasteiger partial charge in [0.25, 0.3) is 0 Å². The zero-order chi connectivity index (χ0) is 16.5. The van der Waals surface area contributed by atoms with Gasteiger partial charge in [0.15, 0.2) is 0 Å². The van der Waals surface area contributed by atoms with Crippen molar-refractivity contribution in [2.75, 3.05) is 0 Å². The molecule has 0 unspecified atom stereocenters. The fraction of sp³-hybridized carbons (Fsp3) is 0.429. The van der Waals surface area contributed by atoms with E-state index in [1.54, 1.807) is 0 Å². The minimum atomic E-state index is -4.73. The fourth-order valence-electron chi connectivity index (χ4n) is 2.14. The van der Waals surface area contributed by atoms with Crippen molar-refractivity contribution in [2.24, 2.45) is 0 Å². The molecule has 0 spiro atoms. The number of rotatable bonds is 3. The SMILES string of the molecule is CC(C)(C)c1c(CO)nnn1-c1ccc(OC(F)(F)F)cc1. The Balaban J connectivity index is 2.39. The molecule has 0 atom stereocenters. The Morgan fingerprint density at radius 1 is 1.14 bits per heavy atom. The molecule has 0 aliphatic rings. The smallest absolute Gasteiger partial charge is 0.406 e. The van der Waals surface area contributed by atoms with E-state index in [0.717, 1.165) is 0 Å². The van der Waals surface area contributed by atoms with Gasteiger partial charge in [-0.3, -0.25) is 0 Å². The number of ether oxygens (including phenoxy) is 1. The molecule has 5 nitrogen and oxygen atoms in total. The quantitative estimate of drug-likeness (QED) is 0.946. The number of hydrogen-bond donors (Lipinski definition) is 1. The highest BCUT2D eigenvalue weighted by Crippen LogP contribution is 2.28. The van der Waals surface area contributed by atoms with Gasteiger partial charge in [0.05, 0.1) is 18.0 Å². The van der Waals surface area contributed by atoms with Crippen LogP contribution in [0.4, 0.5) is 13.2 Å². The number of hydrogen-bond acceptors (Lipinski definition) is 4. The molecule has 0 saturated heterocycles. The van der Waals surface area contributed by atoms with Crippen LogP contribution in [-0.4, -0.2) is 26.5 Å². The van der Waals surface area contributed by atoms with Crippen LogP contribution in [0, 0.1) is 0 Å². The minimum Gasteiger partial charge on any atom is -0.406 e. The molecule has 2 rings (SSSR count).